The van der Waals surface area contributed by atoms with Gasteiger partial charge in [-0.05, 0) is 73.7 Å². The number of hydrogen-bond donors (Lipinski definition) is 2. The highest BCUT2D eigenvalue weighted by molar-refractivity contribution is 7.92. The molecule has 192 valence electrons. The monoisotopic (exact) mass is 555 g/mol. The molecule has 13 heteroatoms. The molecule has 3 aromatic rings. The molecule has 2 N–H and O–H groups in total. The van der Waals surface area contributed by atoms with Crippen LogP contribution in [-0.2, 0) is 24.8 Å². The highest BCUT2D eigenvalue weighted by atomic mass is 35.5. The van der Waals surface area contributed by atoms with Crippen molar-refractivity contribution in [2.45, 2.75) is 11.8 Å². The molecule has 0 radical (unpaired) electrons. The van der Waals surface area contributed by atoms with Gasteiger partial charge in [-0.2, -0.15) is 0 Å². The maximum Gasteiger partial charge on any atom is 0.261 e. The molecular formula is C23H23ClFN3O6S2. The summed E-state index contributed by atoms with van der Waals surface area (Å²) >= 11 is 5.74. The van der Waals surface area contributed by atoms with Crippen molar-refractivity contribution >= 4 is 54.6 Å². The van der Waals surface area contributed by atoms with Gasteiger partial charge in [0.15, 0.2) is 0 Å². The van der Waals surface area contributed by atoms with Gasteiger partial charge in [0.05, 0.1) is 28.5 Å². The van der Waals surface area contributed by atoms with Gasteiger partial charge in [0.1, 0.15) is 18.1 Å². The maximum absolute atomic E-state index is 13.5. The summed E-state index contributed by atoms with van der Waals surface area (Å²) in [6.07, 6.45) is 0.897. The van der Waals surface area contributed by atoms with Crippen LogP contribution in [0.1, 0.15) is 6.92 Å². The second-order valence-corrected chi connectivity index (χ2v) is 11.5. The average molecular weight is 556 g/mol. The van der Waals surface area contributed by atoms with Crippen molar-refractivity contribution < 1.29 is 30.8 Å². The minimum atomic E-state index is -3.90. The Hall–Kier alpha value is -3.35. The van der Waals surface area contributed by atoms with Gasteiger partial charge in [-0.3, -0.25) is 13.8 Å². The molecule has 0 aliphatic carbocycles. The third kappa shape index (κ3) is 7.09. The zero-order valence-electron chi connectivity index (χ0n) is 19.2. The van der Waals surface area contributed by atoms with Crippen LogP contribution in [0.2, 0.25) is 5.02 Å². The molecule has 9 nitrogen and oxygen atoms in total. The molecule has 0 aliphatic rings. The Balaban J connectivity index is 1.69. The van der Waals surface area contributed by atoms with Gasteiger partial charge in [0, 0.05) is 11.4 Å². The third-order valence-electron chi connectivity index (χ3n) is 4.74. The summed E-state index contributed by atoms with van der Waals surface area (Å²) in [7, 11) is -7.80. The minimum absolute atomic E-state index is 0.0147. The summed E-state index contributed by atoms with van der Waals surface area (Å²) in [5.41, 5.74) is 0.601. The lowest BCUT2D eigenvalue weighted by molar-refractivity contribution is -0.114. The van der Waals surface area contributed by atoms with Crippen LogP contribution < -0.4 is 19.1 Å². The fourth-order valence-electron chi connectivity index (χ4n) is 3.09. The van der Waals surface area contributed by atoms with E-state index in [1.807, 2.05) is 6.92 Å². The van der Waals surface area contributed by atoms with Gasteiger partial charge < -0.3 is 10.1 Å². The zero-order valence-corrected chi connectivity index (χ0v) is 21.6. The molecule has 0 heterocycles. The van der Waals surface area contributed by atoms with Crippen molar-refractivity contribution in [2.75, 3.05) is 33.8 Å². The van der Waals surface area contributed by atoms with Gasteiger partial charge in [0.25, 0.3) is 10.0 Å². The van der Waals surface area contributed by atoms with Crippen molar-refractivity contribution in [2.24, 2.45) is 0 Å². The number of hydrogen-bond acceptors (Lipinski definition) is 6. The number of rotatable bonds is 10. The lowest BCUT2D eigenvalue weighted by Gasteiger charge is -2.22. The van der Waals surface area contributed by atoms with Gasteiger partial charge in [-0.1, -0.05) is 11.6 Å². The predicted molar refractivity (Wildman–Crippen MR) is 137 cm³/mol. The standard InChI is InChI=1S/C23H23ClFN3O6S2/c1-3-34-19-9-4-17(5-10-19)27-36(32,33)20-11-6-16(7-12-20)26-23(29)15-28(35(2,30)31)18-8-13-22(25)21(24)14-18/h4-14,27H,3,15H2,1-2H3,(H,26,29). The number of benzene rings is 3. The lowest BCUT2D eigenvalue weighted by Crippen LogP contribution is -2.37. The van der Waals surface area contributed by atoms with Gasteiger partial charge >= 0.3 is 0 Å². The molecule has 0 fully saturated rings. The van der Waals surface area contributed by atoms with Crippen LogP contribution in [0.3, 0.4) is 0 Å². The van der Waals surface area contributed by atoms with E-state index >= 15 is 0 Å². The highest BCUT2D eigenvalue weighted by Gasteiger charge is 2.22. The summed E-state index contributed by atoms with van der Waals surface area (Å²) in [4.78, 5) is 12.5. The molecule has 1 amide bonds. The molecule has 0 saturated heterocycles. The maximum atomic E-state index is 13.5. The number of amides is 1. The molecule has 0 saturated carbocycles. The predicted octanol–water partition coefficient (Wildman–Crippen LogP) is 4.08. The van der Waals surface area contributed by atoms with Gasteiger partial charge in [-0.25, -0.2) is 21.2 Å². The summed E-state index contributed by atoms with van der Waals surface area (Å²) in [6.45, 7) is 1.72. The topological polar surface area (TPSA) is 122 Å². The van der Waals surface area contributed by atoms with E-state index in [1.165, 1.54) is 30.3 Å². The van der Waals surface area contributed by atoms with E-state index in [-0.39, 0.29) is 21.3 Å². The van der Waals surface area contributed by atoms with Crippen LogP contribution >= 0.6 is 11.6 Å². The van der Waals surface area contributed by atoms with Crippen LogP contribution in [0.5, 0.6) is 5.75 Å². The smallest absolute Gasteiger partial charge is 0.261 e. The molecule has 0 unspecified atom stereocenters. The van der Waals surface area contributed by atoms with E-state index in [4.69, 9.17) is 16.3 Å². The van der Waals surface area contributed by atoms with Crippen LogP contribution in [0.15, 0.2) is 71.6 Å². The first-order valence-electron chi connectivity index (χ1n) is 10.5. The van der Waals surface area contributed by atoms with Gasteiger partial charge in [0.2, 0.25) is 15.9 Å². The molecule has 3 rings (SSSR count). The van der Waals surface area contributed by atoms with Crippen molar-refractivity contribution in [1.82, 2.24) is 0 Å². The molecule has 0 aliphatic heterocycles. The molecule has 36 heavy (non-hydrogen) atoms. The summed E-state index contributed by atoms with van der Waals surface area (Å²) in [6, 6.07) is 15.0. The Morgan fingerprint density at radius 3 is 2.14 bits per heavy atom. The summed E-state index contributed by atoms with van der Waals surface area (Å²) in [5.74, 6) is -0.827. The number of anilines is 3. The first-order valence-corrected chi connectivity index (χ1v) is 14.2. The second-order valence-electron chi connectivity index (χ2n) is 7.50. The van der Waals surface area contributed by atoms with Gasteiger partial charge in [-0.15, -0.1) is 0 Å². The minimum Gasteiger partial charge on any atom is -0.494 e. The van der Waals surface area contributed by atoms with Crippen molar-refractivity contribution in [3.63, 3.8) is 0 Å². The highest BCUT2D eigenvalue weighted by Crippen LogP contribution is 2.25. The summed E-state index contributed by atoms with van der Waals surface area (Å²) in [5, 5.41) is 2.21. The zero-order chi connectivity index (χ0) is 26.5. The van der Waals surface area contributed by atoms with E-state index in [1.54, 1.807) is 24.3 Å². The number of carbonyl (C=O) groups excluding carboxylic acids is 1. The molecule has 0 atom stereocenters. The molecule has 3 aromatic carbocycles. The van der Waals surface area contributed by atoms with Crippen LogP contribution in [0, 0.1) is 5.82 Å². The normalized spacial score (nSPS) is 11.6. The average Bonchev–Trinajstić information content (AvgIpc) is 2.80. The fourth-order valence-corrected chi connectivity index (χ4v) is 5.17. The first kappa shape index (κ1) is 27.2. The number of sulfonamides is 2. The Morgan fingerprint density at radius 2 is 1.58 bits per heavy atom. The number of ether oxygens (including phenoxy) is 1. The number of nitrogens with zero attached hydrogens (tertiary/aromatic N) is 1. The van der Waals surface area contributed by atoms with Crippen LogP contribution in [0.25, 0.3) is 0 Å². The Morgan fingerprint density at radius 1 is 0.972 bits per heavy atom. The van der Waals surface area contributed by atoms with E-state index < -0.39 is 38.3 Å². The molecule has 0 aromatic heterocycles. The number of halogens is 2. The Bertz CT molecular complexity index is 1450. The van der Waals surface area contributed by atoms with Crippen molar-refractivity contribution in [3.8, 4) is 5.75 Å². The SMILES string of the molecule is CCOc1ccc(NS(=O)(=O)c2ccc(NC(=O)CN(c3ccc(F)c(Cl)c3)S(C)(=O)=O)cc2)cc1. The number of nitrogens with one attached hydrogen (secondary N) is 2. The Labute approximate surface area is 213 Å². The molecule has 0 bridgehead atoms. The van der Waals surface area contributed by atoms with E-state index in [9.17, 15) is 26.0 Å². The van der Waals surface area contributed by atoms with E-state index in [2.05, 4.69) is 10.0 Å². The van der Waals surface area contributed by atoms with Crippen LogP contribution in [0.4, 0.5) is 21.5 Å². The quantitative estimate of drug-likeness (QED) is 0.389. The lowest BCUT2D eigenvalue weighted by atomic mass is 10.3. The van der Waals surface area contributed by atoms with Crippen molar-refractivity contribution in [1.29, 1.82) is 0 Å². The van der Waals surface area contributed by atoms with Crippen LogP contribution in [-0.4, -0.2) is 42.2 Å². The number of carbonyl (C=O) groups is 1. The van der Waals surface area contributed by atoms with E-state index in [0.717, 1.165) is 22.7 Å². The first-order chi connectivity index (χ1) is 16.9. The summed E-state index contributed by atoms with van der Waals surface area (Å²) < 4.78 is 71.8. The largest absolute Gasteiger partial charge is 0.494 e. The molecular weight excluding hydrogens is 533 g/mol. The molecule has 0 spiro atoms. The fraction of sp³-hybridized carbons (Fsp3) is 0.174. The Kier molecular flexibility index (Phi) is 8.43. The third-order valence-corrected chi connectivity index (χ3v) is 7.57. The van der Waals surface area contributed by atoms with Crippen molar-refractivity contribution in [3.05, 3.63) is 77.6 Å². The second kappa shape index (κ2) is 11.1. The van der Waals surface area contributed by atoms with E-state index in [0.29, 0.717) is 18.0 Å².